The third-order valence-corrected chi connectivity index (χ3v) is 4.52. The SMILES string of the molecule is CCOC(=O)CNC(=O)c1ncc(-n2ncc(-c3ccccc3)c2C)c(C)c1O. The van der Waals surface area contributed by atoms with Crippen LogP contribution in [0.1, 0.15) is 28.7 Å². The summed E-state index contributed by atoms with van der Waals surface area (Å²) in [4.78, 5) is 27.7. The number of esters is 1. The summed E-state index contributed by atoms with van der Waals surface area (Å²) in [5.41, 5.74) is 3.71. The van der Waals surface area contributed by atoms with Gasteiger partial charge < -0.3 is 15.2 Å². The van der Waals surface area contributed by atoms with Crippen LogP contribution in [0.25, 0.3) is 16.8 Å². The van der Waals surface area contributed by atoms with Crippen molar-refractivity contribution in [3.63, 3.8) is 0 Å². The maximum absolute atomic E-state index is 12.3. The van der Waals surface area contributed by atoms with E-state index in [0.717, 1.165) is 16.8 Å². The number of rotatable bonds is 6. The van der Waals surface area contributed by atoms with Crippen LogP contribution in [-0.2, 0) is 9.53 Å². The van der Waals surface area contributed by atoms with Crippen molar-refractivity contribution in [2.24, 2.45) is 0 Å². The van der Waals surface area contributed by atoms with E-state index in [9.17, 15) is 14.7 Å². The molecule has 0 saturated heterocycles. The Morgan fingerprint density at radius 2 is 1.90 bits per heavy atom. The van der Waals surface area contributed by atoms with Gasteiger partial charge in [0.15, 0.2) is 11.4 Å². The van der Waals surface area contributed by atoms with Crippen LogP contribution in [0.2, 0.25) is 0 Å². The van der Waals surface area contributed by atoms with E-state index in [0.29, 0.717) is 11.3 Å². The van der Waals surface area contributed by atoms with Crippen molar-refractivity contribution in [1.29, 1.82) is 0 Å². The summed E-state index contributed by atoms with van der Waals surface area (Å²) in [5.74, 6) is -1.48. The molecule has 8 heteroatoms. The normalized spacial score (nSPS) is 10.6. The molecule has 2 heterocycles. The maximum atomic E-state index is 12.3. The molecule has 0 radical (unpaired) electrons. The van der Waals surface area contributed by atoms with Gasteiger partial charge in [-0.05, 0) is 26.3 Å². The van der Waals surface area contributed by atoms with Gasteiger partial charge in [0.1, 0.15) is 6.54 Å². The summed E-state index contributed by atoms with van der Waals surface area (Å²) in [7, 11) is 0. The molecule has 0 aliphatic carbocycles. The second kappa shape index (κ2) is 8.55. The monoisotopic (exact) mass is 394 g/mol. The van der Waals surface area contributed by atoms with Gasteiger partial charge in [0, 0.05) is 16.8 Å². The van der Waals surface area contributed by atoms with E-state index in [2.05, 4.69) is 15.4 Å². The lowest BCUT2D eigenvalue weighted by atomic mass is 10.1. The summed E-state index contributed by atoms with van der Waals surface area (Å²) < 4.78 is 6.43. The molecular weight excluding hydrogens is 372 g/mol. The van der Waals surface area contributed by atoms with E-state index < -0.39 is 11.9 Å². The molecule has 1 amide bonds. The van der Waals surface area contributed by atoms with Gasteiger partial charge in [0.05, 0.1) is 24.7 Å². The predicted octanol–water partition coefficient (Wildman–Crippen LogP) is 2.55. The van der Waals surface area contributed by atoms with Crippen molar-refractivity contribution in [1.82, 2.24) is 20.1 Å². The van der Waals surface area contributed by atoms with Gasteiger partial charge in [-0.2, -0.15) is 5.10 Å². The Kier molecular flexibility index (Phi) is 5.92. The first-order chi connectivity index (χ1) is 13.9. The van der Waals surface area contributed by atoms with Crippen molar-refractivity contribution in [3.05, 3.63) is 59.7 Å². The first-order valence-corrected chi connectivity index (χ1v) is 9.16. The average Bonchev–Trinajstić information content (AvgIpc) is 3.10. The molecular formula is C21H22N4O4. The Bertz CT molecular complexity index is 1040. The predicted molar refractivity (Wildman–Crippen MR) is 107 cm³/mol. The molecule has 2 N–H and O–H groups in total. The molecule has 8 nitrogen and oxygen atoms in total. The number of ether oxygens (including phenoxy) is 1. The summed E-state index contributed by atoms with van der Waals surface area (Å²) in [5, 5.41) is 17.3. The van der Waals surface area contributed by atoms with Gasteiger partial charge >= 0.3 is 5.97 Å². The maximum Gasteiger partial charge on any atom is 0.325 e. The highest BCUT2D eigenvalue weighted by atomic mass is 16.5. The Hall–Kier alpha value is -3.68. The summed E-state index contributed by atoms with van der Waals surface area (Å²) in [6, 6.07) is 9.84. The second-order valence-electron chi connectivity index (χ2n) is 6.37. The zero-order valence-electron chi connectivity index (χ0n) is 16.5. The standard InChI is InChI=1S/C21H22N4O4/c1-4-29-18(26)12-23-21(28)19-20(27)13(2)17(11-22-19)25-14(3)16(10-24-25)15-8-6-5-7-9-15/h5-11,27H,4,12H2,1-3H3,(H,23,28). The molecule has 0 fully saturated rings. The topological polar surface area (TPSA) is 106 Å². The highest BCUT2D eigenvalue weighted by molar-refractivity contribution is 5.97. The number of amides is 1. The molecule has 29 heavy (non-hydrogen) atoms. The Balaban J connectivity index is 1.88. The fourth-order valence-electron chi connectivity index (χ4n) is 2.96. The molecule has 2 aromatic heterocycles. The molecule has 0 aliphatic heterocycles. The van der Waals surface area contributed by atoms with Crippen LogP contribution in [0, 0.1) is 13.8 Å². The molecule has 1 aromatic carbocycles. The number of pyridine rings is 1. The van der Waals surface area contributed by atoms with Crippen molar-refractivity contribution in [2.45, 2.75) is 20.8 Å². The van der Waals surface area contributed by atoms with Gasteiger partial charge in [-0.3, -0.25) is 9.59 Å². The van der Waals surface area contributed by atoms with Gasteiger partial charge in [-0.15, -0.1) is 0 Å². The fourth-order valence-corrected chi connectivity index (χ4v) is 2.96. The van der Waals surface area contributed by atoms with Crippen LogP contribution in [0.5, 0.6) is 5.75 Å². The molecule has 0 saturated carbocycles. The smallest absolute Gasteiger partial charge is 0.325 e. The van der Waals surface area contributed by atoms with Crippen LogP contribution in [0.15, 0.2) is 42.7 Å². The number of aromatic nitrogens is 3. The molecule has 0 spiro atoms. The quantitative estimate of drug-likeness (QED) is 0.623. The Labute approximate surface area is 168 Å². The van der Waals surface area contributed by atoms with Crippen molar-refractivity contribution in [2.75, 3.05) is 13.2 Å². The zero-order valence-corrected chi connectivity index (χ0v) is 16.5. The van der Waals surface area contributed by atoms with Gasteiger partial charge in [0.2, 0.25) is 0 Å². The molecule has 0 bridgehead atoms. The number of nitrogens with one attached hydrogen (secondary N) is 1. The zero-order chi connectivity index (χ0) is 21.0. The lowest BCUT2D eigenvalue weighted by molar-refractivity contribution is -0.141. The lowest BCUT2D eigenvalue weighted by Gasteiger charge is -2.13. The van der Waals surface area contributed by atoms with Gasteiger partial charge in [0.25, 0.3) is 5.91 Å². The number of aromatic hydroxyl groups is 1. The van der Waals surface area contributed by atoms with Crippen LogP contribution in [0.3, 0.4) is 0 Å². The summed E-state index contributed by atoms with van der Waals surface area (Å²) in [6.45, 7) is 5.20. The van der Waals surface area contributed by atoms with Gasteiger partial charge in [-0.25, -0.2) is 9.67 Å². The first-order valence-electron chi connectivity index (χ1n) is 9.16. The number of nitrogens with zero attached hydrogens (tertiary/aromatic N) is 3. The Morgan fingerprint density at radius 3 is 2.59 bits per heavy atom. The minimum atomic E-state index is -0.660. The summed E-state index contributed by atoms with van der Waals surface area (Å²) in [6.07, 6.45) is 3.23. The number of carbonyl (C=O) groups is 2. The molecule has 150 valence electrons. The van der Waals surface area contributed by atoms with E-state index in [1.54, 1.807) is 24.7 Å². The number of benzene rings is 1. The second-order valence-corrected chi connectivity index (χ2v) is 6.37. The first kappa shape index (κ1) is 20.1. The largest absolute Gasteiger partial charge is 0.505 e. The summed E-state index contributed by atoms with van der Waals surface area (Å²) >= 11 is 0. The van der Waals surface area contributed by atoms with E-state index >= 15 is 0 Å². The molecule has 0 atom stereocenters. The molecule has 0 aliphatic rings. The minimum absolute atomic E-state index is 0.163. The van der Waals surface area contributed by atoms with E-state index in [1.165, 1.54) is 6.20 Å². The van der Waals surface area contributed by atoms with Gasteiger partial charge in [-0.1, -0.05) is 30.3 Å². The molecule has 3 rings (SSSR count). The van der Waals surface area contributed by atoms with E-state index in [-0.39, 0.29) is 24.6 Å². The van der Waals surface area contributed by atoms with Crippen molar-refractivity contribution < 1.29 is 19.4 Å². The minimum Gasteiger partial charge on any atom is -0.505 e. The van der Waals surface area contributed by atoms with Crippen LogP contribution >= 0.6 is 0 Å². The van der Waals surface area contributed by atoms with E-state index in [1.807, 2.05) is 37.3 Å². The highest BCUT2D eigenvalue weighted by Gasteiger charge is 2.20. The third-order valence-electron chi connectivity index (χ3n) is 4.52. The number of carbonyl (C=O) groups excluding carboxylic acids is 2. The van der Waals surface area contributed by atoms with E-state index in [4.69, 9.17) is 4.74 Å². The van der Waals surface area contributed by atoms with Crippen LogP contribution in [-0.4, -0.2) is 44.9 Å². The lowest BCUT2D eigenvalue weighted by Crippen LogP contribution is -2.31. The molecule has 3 aromatic rings. The van der Waals surface area contributed by atoms with Crippen molar-refractivity contribution in [3.8, 4) is 22.6 Å². The average molecular weight is 394 g/mol. The molecule has 0 unspecified atom stereocenters. The number of hydrogen-bond acceptors (Lipinski definition) is 6. The van der Waals surface area contributed by atoms with Crippen molar-refractivity contribution >= 4 is 11.9 Å². The Morgan fingerprint density at radius 1 is 1.17 bits per heavy atom. The third kappa shape index (κ3) is 4.11. The van der Waals surface area contributed by atoms with Crippen LogP contribution in [0.4, 0.5) is 0 Å². The van der Waals surface area contributed by atoms with Crippen LogP contribution < -0.4 is 5.32 Å². The highest BCUT2D eigenvalue weighted by Crippen LogP contribution is 2.29. The fraction of sp³-hybridized carbons (Fsp3) is 0.238. The number of hydrogen-bond donors (Lipinski definition) is 2.